The first-order valence-corrected chi connectivity index (χ1v) is 10.7. The number of aromatic hydroxyl groups is 1. The Hall–Kier alpha value is -3.95. The lowest BCUT2D eigenvalue weighted by Crippen LogP contribution is -2.25. The number of aromatic amines is 2. The minimum absolute atomic E-state index is 0.0162. The number of nitrogens with one attached hydrogen (secondary N) is 3. The Balaban J connectivity index is 1.58. The maximum absolute atomic E-state index is 11.5. The first-order valence-electron chi connectivity index (χ1n) is 10.7. The normalized spacial score (nSPS) is 16.1. The van der Waals surface area contributed by atoms with E-state index in [0.717, 1.165) is 24.8 Å². The molecule has 10 heteroatoms. The summed E-state index contributed by atoms with van der Waals surface area (Å²) in [6, 6.07) is 8.69. The molecule has 3 heterocycles. The maximum atomic E-state index is 11.5. The van der Waals surface area contributed by atoms with Crippen LogP contribution >= 0.6 is 0 Å². The van der Waals surface area contributed by atoms with E-state index in [2.05, 4.69) is 73.5 Å². The molecular weight excluding hydrogens is 408 g/mol. The maximum Gasteiger partial charge on any atom is 0.326 e. The number of rotatable bonds is 6. The third-order valence-corrected chi connectivity index (χ3v) is 5.49. The molecule has 3 aromatic heterocycles. The summed E-state index contributed by atoms with van der Waals surface area (Å²) in [6.07, 6.45) is 6.29. The van der Waals surface area contributed by atoms with Gasteiger partial charge in [0.05, 0.1) is 18.3 Å². The van der Waals surface area contributed by atoms with Gasteiger partial charge in [0, 0.05) is 5.22 Å². The highest BCUT2D eigenvalue weighted by atomic mass is 16.3. The molecule has 0 radical (unpaired) electrons. The van der Waals surface area contributed by atoms with Gasteiger partial charge in [0.15, 0.2) is 5.65 Å². The fourth-order valence-corrected chi connectivity index (χ4v) is 3.46. The number of fused-ring (bicyclic) bond motifs is 1. The summed E-state index contributed by atoms with van der Waals surface area (Å²) in [6.45, 7) is 4.19. The zero-order valence-corrected chi connectivity index (χ0v) is 17.8. The molecule has 1 aliphatic carbocycles. The SMILES string of the molecule is CCc1ccc(C(C)Nc2nc(=NC3CC3)n3nc/c(=C\c4[nH]c(=O)[nH]c4O)c3n2)cc1. The smallest absolute Gasteiger partial charge is 0.326 e. The van der Waals surface area contributed by atoms with Gasteiger partial charge < -0.3 is 15.4 Å². The third kappa shape index (κ3) is 3.98. The van der Waals surface area contributed by atoms with Crippen molar-refractivity contribution in [3.63, 3.8) is 0 Å². The molecule has 1 unspecified atom stereocenters. The Morgan fingerprint density at radius 1 is 1.28 bits per heavy atom. The Labute approximate surface area is 182 Å². The molecule has 0 bridgehead atoms. The zero-order chi connectivity index (χ0) is 22.2. The molecule has 1 saturated carbocycles. The van der Waals surface area contributed by atoms with Gasteiger partial charge in [-0.25, -0.2) is 9.79 Å². The van der Waals surface area contributed by atoms with Crippen molar-refractivity contribution in [1.29, 1.82) is 0 Å². The lowest BCUT2D eigenvalue weighted by atomic mass is 10.1. The van der Waals surface area contributed by atoms with E-state index in [0.29, 0.717) is 22.4 Å². The van der Waals surface area contributed by atoms with Crippen LogP contribution in [0, 0.1) is 0 Å². The molecule has 0 aliphatic heterocycles. The molecule has 4 aromatic rings. The highest BCUT2D eigenvalue weighted by molar-refractivity contribution is 5.57. The molecule has 1 atom stereocenters. The molecule has 1 fully saturated rings. The Bertz CT molecular complexity index is 1440. The average Bonchev–Trinajstić information content (AvgIpc) is 3.42. The lowest BCUT2D eigenvalue weighted by molar-refractivity contribution is 0.454. The molecule has 0 saturated heterocycles. The number of H-pyrrole nitrogens is 2. The number of anilines is 1. The summed E-state index contributed by atoms with van der Waals surface area (Å²) >= 11 is 0. The standard InChI is InChI=1S/C22H24N8O2/c1-3-13-4-6-14(7-5-13)12(2)24-20-27-18-15(10-17-19(31)28-22(32)26-17)11-23-30(18)21(29-20)25-16-8-9-16/h4-7,10-12,16,31H,3,8-9H2,1-2H3,(H,24,25,29)(H2,26,28,32)/b15-10+. The number of benzene rings is 1. The number of hydrogen-bond donors (Lipinski definition) is 4. The van der Waals surface area contributed by atoms with Crippen LogP contribution in [-0.2, 0) is 6.42 Å². The van der Waals surface area contributed by atoms with E-state index in [1.165, 1.54) is 5.56 Å². The second kappa shape index (κ2) is 7.95. The molecule has 0 amide bonds. The van der Waals surface area contributed by atoms with Crippen molar-refractivity contribution in [1.82, 2.24) is 29.5 Å². The van der Waals surface area contributed by atoms with E-state index in [9.17, 15) is 9.90 Å². The topological polar surface area (TPSA) is 136 Å². The minimum atomic E-state index is -0.491. The van der Waals surface area contributed by atoms with Gasteiger partial charge in [0.25, 0.3) is 5.62 Å². The molecule has 32 heavy (non-hydrogen) atoms. The van der Waals surface area contributed by atoms with Crippen molar-refractivity contribution < 1.29 is 5.11 Å². The predicted molar refractivity (Wildman–Crippen MR) is 119 cm³/mol. The minimum Gasteiger partial charge on any atom is -0.493 e. The molecule has 5 rings (SSSR count). The first-order chi connectivity index (χ1) is 15.5. The molecule has 164 valence electrons. The molecule has 1 aromatic carbocycles. The van der Waals surface area contributed by atoms with Crippen LogP contribution in [0.1, 0.15) is 49.6 Å². The van der Waals surface area contributed by atoms with Gasteiger partial charge in [-0.3, -0.25) is 4.98 Å². The van der Waals surface area contributed by atoms with Crippen molar-refractivity contribution in [2.45, 2.75) is 45.2 Å². The van der Waals surface area contributed by atoms with Crippen LogP contribution in [0.5, 0.6) is 5.88 Å². The van der Waals surface area contributed by atoms with Crippen LogP contribution < -0.4 is 21.8 Å². The summed E-state index contributed by atoms with van der Waals surface area (Å²) < 4.78 is 1.58. The van der Waals surface area contributed by atoms with Crippen LogP contribution in [-0.4, -0.2) is 40.7 Å². The van der Waals surface area contributed by atoms with Gasteiger partial charge in [0.1, 0.15) is 5.69 Å². The summed E-state index contributed by atoms with van der Waals surface area (Å²) in [5.41, 5.74) is 3.17. The van der Waals surface area contributed by atoms with Crippen LogP contribution in [0.2, 0.25) is 0 Å². The largest absolute Gasteiger partial charge is 0.493 e. The zero-order valence-electron chi connectivity index (χ0n) is 17.8. The fourth-order valence-electron chi connectivity index (χ4n) is 3.46. The number of hydrogen-bond acceptors (Lipinski definition) is 7. The Morgan fingerprint density at radius 2 is 2.06 bits per heavy atom. The van der Waals surface area contributed by atoms with Gasteiger partial charge in [0.2, 0.25) is 11.8 Å². The fraction of sp³-hybridized carbons (Fsp3) is 0.318. The number of nitrogens with zero attached hydrogens (tertiary/aromatic N) is 5. The first kappa shape index (κ1) is 20.0. The van der Waals surface area contributed by atoms with Crippen LogP contribution in [0.3, 0.4) is 0 Å². The monoisotopic (exact) mass is 432 g/mol. The van der Waals surface area contributed by atoms with E-state index >= 15 is 0 Å². The Morgan fingerprint density at radius 3 is 2.72 bits per heavy atom. The second-order valence-corrected chi connectivity index (χ2v) is 7.99. The Kier molecular flexibility index (Phi) is 4.96. The van der Waals surface area contributed by atoms with Gasteiger partial charge in [-0.1, -0.05) is 31.2 Å². The van der Waals surface area contributed by atoms with E-state index in [-0.39, 0.29) is 23.7 Å². The second-order valence-electron chi connectivity index (χ2n) is 7.99. The van der Waals surface area contributed by atoms with Crippen molar-refractivity contribution in [2.24, 2.45) is 4.99 Å². The quantitative estimate of drug-likeness (QED) is 0.361. The molecule has 4 N–H and O–H groups in total. The van der Waals surface area contributed by atoms with Crippen molar-refractivity contribution >= 4 is 17.7 Å². The van der Waals surface area contributed by atoms with Gasteiger partial charge in [-0.2, -0.15) is 19.6 Å². The van der Waals surface area contributed by atoms with E-state index in [4.69, 9.17) is 0 Å². The lowest BCUT2D eigenvalue weighted by Gasteiger charge is -2.14. The van der Waals surface area contributed by atoms with Crippen molar-refractivity contribution in [2.75, 3.05) is 5.32 Å². The molecule has 1 aliphatic rings. The average molecular weight is 432 g/mol. The number of aromatic nitrogens is 6. The van der Waals surface area contributed by atoms with E-state index in [1.807, 2.05) is 0 Å². The van der Waals surface area contributed by atoms with E-state index in [1.54, 1.807) is 16.8 Å². The number of imidazole rings is 1. The summed E-state index contributed by atoms with van der Waals surface area (Å²) in [4.78, 5) is 30.3. The third-order valence-electron chi connectivity index (χ3n) is 5.49. The van der Waals surface area contributed by atoms with Crippen LogP contribution in [0.4, 0.5) is 5.95 Å². The van der Waals surface area contributed by atoms with Gasteiger partial charge in [-0.05, 0) is 43.4 Å². The predicted octanol–water partition coefficient (Wildman–Crippen LogP) is 1.19. The van der Waals surface area contributed by atoms with Gasteiger partial charge >= 0.3 is 5.69 Å². The van der Waals surface area contributed by atoms with E-state index < -0.39 is 5.69 Å². The van der Waals surface area contributed by atoms with Crippen LogP contribution in [0.15, 0.2) is 40.2 Å². The highest BCUT2D eigenvalue weighted by Crippen LogP contribution is 2.22. The van der Waals surface area contributed by atoms with Crippen molar-refractivity contribution in [3.05, 3.63) is 68.6 Å². The molecule has 10 nitrogen and oxygen atoms in total. The molecular formula is C22H24N8O2. The summed E-state index contributed by atoms with van der Waals surface area (Å²) in [5, 5.41) is 18.3. The molecule has 0 spiro atoms. The number of aryl methyl sites for hydroxylation is 1. The van der Waals surface area contributed by atoms with Crippen LogP contribution in [0.25, 0.3) is 11.7 Å². The summed E-state index contributed by atoms with van der Waals surface area (Å²) in [7, 11) is 0. The van der Waals surface area contributed by atoms with Crippen molar-refractivity contribution in [3.8, 4) is 5.88 Å². The van der Waals surface area contributed by atoms with Gasteiger partial charge in [-0.15, -0.1) is 0 Å². The highest BCUT2D eigenvalue weighted by Gasteiger charge is 2.21. The summed E-state index contributed by atoms with van der Waals surface area (Å²) in [5.74, 6) is 0.194.